The summed E-state index contributed by atoms with van der Waals surface area (Å²) in [5.74, 6) is 4.35. The molecule has 1 N–H and O–H groups in total. The van der Waals surface area contributed by atoms with E-state index in [2.05, 4.69) is 43.1 Å². The van der Waals surface area contributed by atoms with Crippen LogP contribution in [0.1, 0.15) is 36.9 Å². The average Bonchev–Trinajstić information content (AvgIpc) is 3.10. The molecule has 138 valence electrons. The molecule has 0 unspecified atom stereocenters. The summed E-state index contributed by atoms with van der Waals surface area (Å²) in [6.45, 7) is 4.90. The van der Waals surface area contributed by atoms with E-state index >= 15 is 0 Å². The van der Waals surface area contributed by atoms with Gasteiger partial charge in [0.1, 0.15) is 11.4 Å². The molecule has 6 heteroatoms. The molecule has 1 aliphatic heterocycles. The van der Waals surface area contributed by atoms with Crippen LogP contribution >= 0.6 is 11.7 Å². The summed E-state index contributed by atoms with van der Waals surface area (Å²) in [5.41, 5.74) is 2.18. The summed E-state index contributed by atoms with van der Waals surface area (Å²) < 4.78 is 14.3. The minimum atomic E-state index is 0.513. The molecule has 0 atom stereocenters. The van der Waals surface area contributed by atoms with Gasteiger partial charge in [-0.2, -0.15) is 8.75 Å². The zero-order valence-corrected chi connectivity index (χ0v) is 15.9. The molecular formula is C20H26N4OS. The second kappa shape index (κ2) is 10.1. The molecule has 0 spiro atoms. The van der Waals surface area contributed by atoms with Crippen molar-refractivity contribution in [2.75, 3.05) is 31.6 Å². The normalized spacial score (nSPS) is 14.7. The number of nitrogens with zero attached hydrogens (tertiary/aromatic N) is 3. The first kappa shape index (κ1) is 18.7. The van der Waals surface area contributed by atoms with E-state index in [0.717, 1.165) is 36.8 Å². The number of terminal acetylenes is 1. The number of ether oxygens (including phenoxy) is 1. The lowest BCUT2D eigenvalue weighted by Gasteiger charge is -2.26. The topological polar surface area (TPSA) is 50.3 Å². The molecule has 1 aromatic carbocycles. The molecule has 1 fully saturated rings. The Bertz CT molecular complexity index is 719. The molecule has 1 aliphatic rings. The quantitative estimate of drug-likeness (QED) is 0.540. The van der Waals surface area contributed by atoms with Crippen molar-refractivity contribution in [1.82, 2.24) is 13.6 Å². The van der Waals surface area contributed by atoms with Crippen LogP contribution in [0, 0.1) is 12.3 Å². The molecule has 2 aromatic rings. The second-order valence-corrected chi connectivity index (χ2v) is 7.08. The molecular weight excluding hydrogens is 344 g/mol. The van der Waals surface area contributed by atoms with E-state index in [1.54, 1.807) is 0 Å². The first-order chi connectivity index (χ1) is 12.8. The van der Waals surface area contributed by atoms with Crippen LogP contribution in [0.4, 0.5) is 5.82 Å². The molecule has 2 heterocycles. The highest BCUT2D eigenvalue weighted by Crippen LogP contribution is 2.18. The van der Waals surface area contributed by atoms with E-state index in [1.165, 1.54) is 49.6 Å². The third-order valence-electron chi connectivity index (χ3n) is 4.46. The van der Waals surface area contributed by atoms with Crippen LogP contribution in [0.5, 0.6) is 5.75 Å². The summed E-state index contributed by atoms with van der Waals surface area (Å²) in [6.07, 6.45) is 10.8. The fourth-order valence-electron chi connectivity index (χ4n) is 3.13. The van der Waals surface area contributed by atoms with E-state index in [4.69, 9.17) is 11.2 Å². The van der Waals surface area contributed by atoms with Gasteiger partial charge in [-0.15, -0.1) is 12.3 Å². The predicted molar refractivity (Wildman–Crippen MR) is 107 cm³/mol. The monoisotopic (exact) mass is 370 g/mol. The number of anilines is 1. The molecule has 0 bridgehead atoms. The van der Waals surface area contributed by atoms with E-state index in [9.17, 15) is 0 Å². The largest absolute Gasteiger partial charge is 0.494 e. The summed E-state index contributed by atoms with van der Waals surface area (Å²) in [4.78, 5) is 2.53. The standard InChI is InChI=1S/C20H26N4OS/c1-2-8-19-20(23-26-22-19)21-11-7-14-25-18-10-6-9-17(15-18)16-24-12-4-3-5-13-24/h1,6,9-10,15H,3-5,7-8,11-14,16H2,(H,21,23). The van der Waals surface area contributed by atoms with Crippen LogP contribution in [-0.2, 0) is 13.0 Å². The molecule has 26 heavy (non-hydrogen) atoms. The van der Waals surface area contributed by atoms with Crippen molar-refractivity contribution in [2.45, 2.75) is 38.6 Å². The van der Waals surface area contributed by atoms with Crippen LogP contribution in [0.2, 0.25) is 0 Å². The molecule has 0 aliphatic carbocycles. The lowest BCUT2D eigenvalue weighted by atomic mass is 10.1. The lowest BCUT2D eigenvalue weighted by Crippen LogP contribution is -2.29. The Morgan fingerprint density at radius 2 is 2.12 bits per heavy atom. The minimum absolute atomic E-state index is 0.513. The number of rotatable bonds is 9. The summed E-state index contributed by atoms with van der Waals surface area (Å²) >= 11 is 1.19. The maximum Gasteiger partial charge on any atom is 0.164 e. The first-order valence-corrected chi connectivity index (χ1v) is 10.0. The Morgan fingerprint density at radius 3 is 2.96 bits per heavy atom. The fraction of sp³-hybridized carbons (Fsp3) is 0.500. The molecule has 3 rings (SSSR count). The fourth-order valence-corrected chi connectivity index (χ4v) is 3.67. The van der Waals surface area contributed by atoms with Gasteiger partial charge in [-0.3, -0.25) is 4.90 Å². The van der Waals surface area contributed by atoms with Crippen molar-refractivity contribution in [1.29, 1.82) is 0 Å². The van der Waals surface area contributed by atoms with Crippen molar-refractivity contribution < 1.29 is 4.74 Å². The van der Waals surface area contributed by atoms with E-state index < -0.39 is 0 Å². The Morgan fingerprint density at radius 1 is 1.23 bits per heavy atom. The van der Waals surface area contributed by atoms with Crippen LogP contribution < -0.4 is 10.1 Å². The van der Waals surface area contributed by atoms with E-state index in [-0.39, 0.29) is 0 Å². The van der Waals surface area contributed by atoms with Gasteiger partial charge >= 0.3 is 0 Å². The number of nitrogens with one attached hydrogen (secondary N) is 1. The van der Waals surface area contributed by atoms with E-state index in [1.807, 2.05) is 6.07 Å². The highest BCUT2D eigenvalue weighted by molar-refractivity contribution is 6.99. The van der Waals surface area contributed by atoms with Crippen molar-refractivity contribution in [3.05, 3.63) is 35.5 Å². The molecule has 5 nitrogen and oxygen atoms in total. The zero-order chi connectivity index (χ0) is 18.0. The summed E-state index contributed by atoms with van der Waals surface area (Å²) in [6, 6.07) is 8.46. The molecule has 0 radical (unpaired) electrons. The molecule has 1 saturated heterocycles. The Labute approximate surface area is 160 Å². The van der Waals surface area contributed by atoms with Gasteiger partial charge in [0.25, 0.3) is 0 Å². The predicted octanol–water partition coefficient (Wildman–Crippen LogP) is 3.58. The highest BCUT2D eigenvalue weighted by atomic mass is 32.1. The third kappa shape index (κ3) is 5.72. The van der Waals surface area contributed by atoms with Crippen LogP contribution in [-0.4, -0.2) is 39.9 Å². The zero-order valence-electron chi connectivity index (χ0n) is 15.1. The summed E-state index contributed by atoms with van der Waals surface area (Å²) in [5, 5.41) is 3.28. The van der Waals surface area contributed by atoms with Crippen molar-refractivity contribution in [3.63, 3.8) is 0 Å². The Kier molecular flexibility index (Phi) is 7.29. The molecule has 0 amide bonds. The maximum atomic E-state index is 5.91. The number of aromatic nitrogens is 2. The van der Waals surface area contributed by atoms with Gasteiger partial charge in [0.2, 0.25) is 0 Å². The van der Waals surface area contributed by atoms with Crippen molar-refractivity contribution in [2.24, 2.45) is 0 Å². The molecule has 1 aromatic heterocycles. The van der Waals surface area contributed by atoms with Crippen LogP contribution in [0.3, 0.4) is 0 Å². The molecule has 0 saturated carbocycles. The Hall–Kier alpha value is -2.10. The van der Waals surface area contributed by atoms with Gasteiger partial charge in [0.05, 0.1) is 24.8 Å². The van der Waals surface area contributed by atoms with Crippen LogP contribution in [0.25, 0.3) is 0 Å². The number of hydrogen-bond acceptors (Lipinski definition) is 6. The van der Waals surface area contributed by atoms with Crippen molar-refractivity contribution >= 4 is 17.5 Å². The first-order valence-electron chi connectivity index (χ1n) is 9.28. The average molecular weight is 371 g/mol. The minimum Gasteiger partial charge on any atom is -0.494 e. The van der Waals surface area contributed by atoms with Gasteiger partial charge in [-0.05, 0) is 50.0 Å². The SMILES string of the molecule is C#CCc1nsnc1NCCCOc1cccc(CN2CCCCC2)c1. The summed E-state index contributed by atoms with van der Waals surface area (Å²) in [7, 11) is 0. The highest BCUT2D eigenvalue weighted by Gasteiger charge is 2.10. The van der Waals surface area contributed by atoms with Gasteiger partial charge in [0.15, 0.2) is 5.82 Å². The lowest BCUT2D eigenvalue weighted by molar-refractivity contribution is 0.220. The number of piperidine rings is 1. The Balaban J connectivity index is 1.38. The van der Waals surface area contributed by atoms with Gasteiger partial charge < -0.3 is 10.1 Å². The van der Waals surface area contributed by atoms with Crippen LogP contribution in [0.15, 0.2) is 24.3 Å². The van der Waals surface area contributed by atoms with Crippen molar-refractivity contribution in [3.8, 4) is 18.1 Å². The number of likely N-dealkylation sites (tertiary alicyclic amines) is 1. The van der Waals surface area contributed by atoms with E-state index in [0.29, 0.717) is 13.0 Å². The third-order valence-corrected chi connectivity index (χ3v) is 5.03. The smallest absolute Gasteiger partial charge is 0.164 e. The second-order valence-electron chi connectivity index (χ2n) is 6.55. The number of hydrogen-bond donors (Lipinski definition) is 1. The van der Waals surface area contributed by atoms with Gasteiger partial charge in [-0.1, -0.05) is 18.6 Å². The maximum absolute atomic E-state index is 5.91. The van der Waals surface area contributed by atoms with Gasteiger partial charge in [0, 0.05) is 13.1 Å². The van der Waals surface area contributed by atoms with Gasteiger partial charge in [-0.25, -0.2) is 0 Å². The number of benzene rings is 1.